The van der Waals surface area contributed by atoms with Gasteiger partial charge in [0.15, 0.2) is 0 Å². The van der Waals surface area contributed by atoms with Crippen LogP contribution in [-0.2, 0) is 0 Å². The second-order valence-electron chi connectivity index (χ2n) is 4.91. The molecule has 1 heterocycles. The fourth-order valence-corrected chi connectivity index (χ4v) is 2.74. The van der Waals surface area contributed by atoms with Gasteiger partial charge in [-0.15, -0.1) is 23.7 Å². The number of nitrogens with two attached hydrogens (primary N) is 2. The first-order valence-corrected chi connectivity index (χ1v) is 6.75. The molecule has 2 rings (SSSR count). The molecule has 1 saturated carbocycles. The molecule has 1 aliphatic carbocycles. The maximum absolute atomic E-state index is 12.1. The van der Waals surface area contributed by atoms with Crippen LogP contribution in [0, 0.1) is 5.92 Å². The molecule has 1 aromatic rings. The molecule has 2 amide bonds. The van der Waals surface area contributed by atoms with Crippen LogP contribution in [0.4, 0.5) is 0 Å². The summed E-state index contributed by atoms with van der Waals surface area (Å²) in [5.74, 6) is -0.247. The standard InChI is InChI=1S/C12H17N3O2S.ClH/c1-12(6-13,8-2-3-8)15-11(17)9-4-7(5-18-9)10(14)16;/h4-5,8H,2-3,6,13H2,1H3,(H2,14,16)(H,15,17);1H. The van der Waals surface area contributed by atoms with Crippen LogP contribution in [0.3, 0.4) is 0 Å². The number of nitrogens with one attached hydrogen (secondary N) is 1. The van der Waals surface area contributed by atoms with Gasteiger partial charge in [0.05, 0.1) is 16.0 Å². The Morgan fingerprint density at radius 3 is 2.58 bits per heavy atom. The molecule has 0 aliphatic heterocycles. The third-order valence-electron chi connectivity index (χ3n) is 3.41. The van der Waals surface area contributed by atoms with Crippen LogP contribution < -0.4 is 16.8 Å². The Hall–Kier alpha value is -1.11. The molecule has 5 nitrogen and oxygen atoms in total. The Balaban J connectivity index is 0.00000180. The van der Waals surface area contributed by atoms with Gasteiger partial charge in [0, 0.05) is 11.9 Å². The van der Waals surface area contributed by atoms with E-state index in [2.05, 4.69) is 5.32 Å². The van der Waals surface area contributed by atoms with Crippen molar-refractivity contribution in [2.45, 2.75) is 25.3 Å². The van der Waals surface area contributed by atoms with Crippen LogP contribution in [-0.4, -0.2) is 23.9 Å². The van der Waals surface area contributed by atoms with Crippen molar-refractivity contribution in [1.82, 2.24) is 5.32 Å². The molecule has 1 aliphatic rings. The minimum atomic E-state index is -0.519. The van der Waals surface area contributed by atoms with Crippen molar-refractivity contribution in [3.63, 3.8) is 0 Å². The lowest BCUT2D eigenvalue weighted by Gasteiger charge is -2.29. The quantitative estimate of drug-likeness (QED) is 0.760. The fourth-order valence-electron chi connectivity index (χ4n) is 1.95. The highest BCUT2D eigenvalue weighted by Gasteiger charge is 2.41. The molecular formula is C12H18ClN3O2S. The lowest BCUT2D eigenvalue weighted by molar-refractivity contribution is 0.0902. The maximum atomic E-state index is 12.1. The van der Waals surface area contributed by atoms with Crippen molar-refractivity contribution in [2.24, 2.45) is 17.4 Å². The number of carbonyl (C=O) groups excluding carboxylic acids is 2. The highest BCUT2D eigenvalue weighted by Crippen LogP contribution is 2.39. The first-order chi connectivity index (χ1) is 8.46. The smallest absolute Gasteiger partial charge is 0.261 e. The lowest BCUT2D eigenvalue weighted by Crippen LogP contribution is -2.53. The average molecular weight is 304 g/mol. The van der Waals surface area contributed by atoms with Crippen LogP contribution in [0.15, 0.2) is 11.4 Å². The Bertz CT molecular complexity index is 487. The number of thiophene rings is 1. The Kier molecular flexibility index (Phi) is 4.95. The molecule has 0 aromatic carbocycles. The van der Waals surface area contributed by atoms with Crippen LogP contribution in [0.5, 0.6) is 0 Å². The maximum Gasteiger partial charge on any atom is 0.261 e. The van der Waals surface area contributed by atoms with Gasteiger partial charge in [-0.2, -0.15) is 0 Å². The number of halogens is 1. The Morgan fingerprint density at radius 1 is 1.53 bits per heavy atom. The second kappa shape index (κ2) is 5.90. The number of primary amides is 1. The highest BCUT2D eigenvalue weighted by molar-refractivity contribution is 7.12. The van der Waals surface area contributed by atoms with E-state index in [0.29, 0.717) is 22.9 Å². The van der Waals surface area contributed by atoms with Gasteiger partial charge in [-0.05, 0) is 31.7 Å². The zero-order valence-corrected chi connectivity index (χ0v) is 12.3. The van der Waals surface area contributed by atoms with Gasteiger partial charge >= 0.3 is 0 Å². The summed E-state index contributed by atoms with van der Waals surface area (Å²) in [6.45, 7) is 2.38. The van der Waals surface area contributed by atoms with Crippen molar-refractivity contribution in [3.05, 3.63) is 21.9 Å². The molecule has 106 valence electrons. The summed E-state index contributed by atoms with van der Waals surface area (Å²) in [5, 5.41) is 4.56. The molecule has 1 fully saturated rings. The van der Waals surface area contributed by atoms with E-state index in [0.717, 1.165) is 12.8 Å². The van der Waals surface area contributed by atoms with Gasteiger partial charge in [-0.25, -0.2) is 0 Å². The van der Waals surface area contributed by atoms with Crippen LogP contribution in [0.25, 0.3) is 0 Å². The van der Waals surface area contributed by atoms with Crippen molar-refractivity contribution in [2.75, 3.05) is 6.54 Å². The van der Waals surface area contributed by atoms with Gasteiger partial charge < -0.3 is 16.8 Å². The van der Waals surface area contributed by atoms with E-state index in [4.69, 9.17) is 11.5 Å². The lowest BCUT2D eigenvalue weighted by atomic mass is 9.96. The largest absolute Gasteiger partial charge is 0.366 e. The predicted octanol–water partition coefficient (Wildman–Crippen LogP) is 1.13. The predicted molar refractivity (Wildman–Crippen MR) is 77.7 cm³/mol. The van der Waals surface area contributed by atoms with Crippen molar-refractivity contribution < 1.29 is 9.59 Å². The SMILES string of the molecule is CC(CN)(NC(=O)c1cc(C(N)=O)cs1)C1CC1.Cl. The summed E-state index contributed by atoms with van der Waals surface area (Å²) in [7, 11) is 0. The van der Waals surface area contributed by atoms with Crippen LogP contribution in [0.2, 0.25) is 0 Å². The Labute approximate surface area is 122 Å². The number of amides is 2. The first kappa shape index (κ1) is 15.9. The summed E-state index contributed by atoms with van der Waals surface area (Å²) in [6, 6.07) is 1.52. The Morgan fingerprint density at radius 2 is 2.16 bits per heavy atom. The fraction of sp³-hybridized carbons (Fsp3) is 0.500. The first-order valence-electron chi connectivity index (χ1n) is 5.87. The van der Waals surface area contributed by atoms with Gasteiger partial charge in [-0.1, -0.05) is 0 Å². The minimum absolute atomic E-state index is 0. The zero-order chi connectivity index (χ0) is 13.3. The third kappa shape index (κ3) is 3.46. The average Bonchev–Trinajstić information content (AvgIpc) is 3.06. The molecule has 0 spiro atoms. The number of carbonyl (C=O) groups is 2. The molecule has 19 heavy (non-hydrogen) atoms. The molecule has 5 N–H and O–H groups in total. The minimum Gasteiger partial charge on any atom is -0.366 e. The van der Waals surface area contributed by atoms with Gasteiger partial charge in [0.2, 0.25) is 5.91 Å². The topological polar surface area (TPSA) is 98.2 Å². The highest BCUT2D eigenvalue weighted by atomic mass is 35.5. The van der Waals surface area contributed by atoms with E-state index in [1.165, 1.54) is 17.4 Å². The van der Waals surface area contributed by atoms with Crippen LogP contribution in [0.1, 0.15) is 39.8 Å². The summed E-state index contributed by atoms with van der Waals surface area (Å²) in [4.78, 5) is 23.5. The summed E-state index contributed by atoms with van der Waals surface area (Å²) in [5.41, 5.74) is 10.9. The molecule has 1 aromatic heterocycles. The second-order valence-corrected chi connectivity index (χ2v) is 5.83. The van der Waals surface area contributed by atoms with Gasteiger partial charge in [0.1, 0.15) is 0 Å². The molecular weight excluding hydrogens is 286 g/mol. The number of rotatable bonds is 5. The summed E-state index contributed by atoms with van der Waals surface area (Å²) >= 11 is 1.22. The van der Waals surface area contributed by atoms with E-state index < -0.39 is 5.91 Å². The molecule has 1 unspecified atom stereocenters. The van der Waals surface area contributed by atoms with Gasteiger partial charge in [-0.3, -0.25) is 9.59 Å². The van der Waals surface area contributed by atoms with E-state index in [9.17, 15) is 9.59 Å². The van der Waals surface area contributed by atoms with Crippen molar-refractivity contribution >= 4 is 35.6 Å². The molecule has 7 heteroatoms. The molecule has 0 saturated heterocycles. The van der Waals surface area contributed by atoms with Crippen molar-refractivity contribution in [3.8, 4) is 0 Å². The number of hydrogen-bond acceptors (Lipinski definition) is 4. The van der Waals surface area contributed by atoms with E-state index in [-0.39, 0.29) is 23.9 Å². The van der Waals surface area contributed by atoms with Gasteiger partial charge in [0.25, 0.3) is 5.91 Å². The summed E-state index contributed by atoms with van der Waals surface area (Å²) < 4.78 is 0. The zero-order valence-electron chi connectivity index (χ0n) is 10.6. The monoisotopic (exact) mass is 303 g/mol. The molecule has 0 radical (unpaired) electrons. The van der Waals surface area contributed by atoms with Crippen LogP contribution >= 0.6 is 23.7 Å². The van der Waals surface area contributed by atoms with E-state index in [1.54, 1.807) is 5.38 Å². The third-order valence-corrected chi connectivity index (χ3v) is 4.34. The summed E-state index contributed by atoms with van der Waals surface area (Å²) in [6.07, 6.45) is 2.20. The molecule has 0 bridgehead atoms. The number of hydrogen-bond donors (Lipinski definition) is 3. The van der Waals surface area contributed by atoms with Crippen molar-refractivity contribution in [1.29, 1.82) is 0 Å². The molecule has 1 atom stereocenters. The van der Waals surface area contributed by atoms with E-state index >= 15 is 0 Å². The van der Waals surface area contributed by atoms with E-state index in [1.807, 2.05) is 6.92 Å². The normalized spacial score (nSPS) is 17.2.